The van der Waals surface area contributed by atoms with E-state index in [1.807, 2.05) is 30.3 Å². The van der Waals surface area contributed by atoms with Crippen molar-refractivity contribution in [2.75, 3.05) is 19.5 Å². The molecule has 1 N–H and O–H groups in total. The van der Waals surface area contributed by atoms with Gasteiger partial charge in [-0.3, -0.25) is 0 Å². The highest BCUT2D eigenvalue weighted by Crippen LogP contribution is 2.34. The van der Waals surface area contributed by atoms with E-state index in [1.54, 1.807) is 19.2 Å². The Morgan fingerprint density at radius 1 is 0.955 bits per heavy atom. The maximum atomic E-state index is 13.7. The Morgan fingerprint density at radius 2 is 1.64 bits per heavy atom. The number of halogens is 1. The second-order valence-corrected chi connectivity index (χ2v) is 4.56. The largest absolute Gasteiger partial charge is 0.493 e. The molecule has 0 bridgehead atoms. The number of methoxy groups -OCH3 is 2. The molecule has 2 aromatic carbocycles. The Morgan fingerprint density at radius 3 is 2.32 bits per heavy atom. The van der Waals surface area contributed by atoms with Gasteiger partial charge in [0.25, 0.3) is 0 Å². The summed E-state index contributed by atoms with van der Waals surface area (Å²) in [6.45, 7) is 0. The lowest BCUT2D eigenvalue weighted by atomic mass is 10.2. The normalized spacial score (nSPS) is 10.5. The summed E-state index contributed by atoms with van der Waals surface area (Å²) in [5.41, 5.74) is 1.24. The highest BCUT2D eigenvalue weighted by Gasteiger charge is 2.13. The topological polar surface area (TPSA) is 56.3 Å². The number of aromatic nitrogens is 2. The Balaban J connectivity index is 2.16. The van der Waals surface area contributed by atoms with Gasteiger partial charge < -0.3 is 14.8 Å². The second kappa shape index (κ2) is 5.85. The molecule has 112 valence electrons. The average Bonchev–Trinajstić information content (AvgIpc) is 2.54. The number of fused-ring (bicyclic) bond motifs is 1. The van der Waals surface area contributed by atoms with Crippen molar-refractivity contribution in [3.05, 3.63) is 48.5 Å². The van der Waals surface area contributed by atoms with Crippen molar-refractivity contribution in [1.82, 2.24) is 9.97 Å². The van der Waals surface area contributed by atoms with Gasteiger partial charge in [0.1, 0.15) is 5.82 Å². The van der Waals surface area contributed by atoms with Crippen LogP contribution in [-0.2, 0) is 0 Å². The van der Waals surface area contributed by atoms with Crippen molar-refractivity contribution < 1.29 is 13.9 Å². The lowest BCUT2D eigenvalue weighted by Gasteiger charge is -2.12. The molecular formula is C16H14FN3O2. The summed E-state index contributed by atoms with van der Waals surface area (Å²) in [6.07, 6.45) is -0.807. The quantitative estimate of drug-likeness (QED) is 0.747. The molecule has 3 aromatic rings. The number of ether oxygens (including phenoxy) is 2. The zero-order valence-corrected chi connectivity index (χ0v) is 12.1. The van der Waals surface area contributed by atoms with E-state index in [0.29, 0.717) is 28.2 Å². The fourth-order valence-corrected chi connectivity index (χ4v) is 2.18. The van der Waals surface area contributed by atoms with Crippen LogP contribution in [0, 0.1) is 6.08 Å². The van der Waals surface area contributed by atoms with Crippen molar-refractivity contribution in [3.8, 4) is 11.5 Å². The lowest BCUT2D eigenvalue weighted by Crippen LogP contribution is -2.01. The van der Waals surface area contributed by atoms with Gasteiger partial charge in [-0.05, 0) is 18.2 Å². The molecule has 0 aliphatic carbocycles. The van der Waals surface area contributed by atoms with Crippen molar-refractivity contribution >= 4 is 22.4 Å². The van der Waals surface area contributed by atoms with Crippen LogP contribution in [0.5, 0.6) is 11.5 Å². The van der Waals surface area contributed by atoms with Crippen LogP contribution in [0.3, 0.4) is 0 Å². The number of benzene rings is 2. The zero-order valence-electron chi connectivity index (χ0n) is 12.1. The fourth-order valence-electron chi connectivity index (χ4n) is 2.18. The third-order valence-corrected chi connectivity index (χ3v) is 3.21. The van der Waals surface area contributed by atoms with E-state index in [4.69, 9.17) is 9.47 Å². The Labute approximate surface area is 126 Å². The summed E-state index contributed by atoms with van der Waals surface area (Å²) in [5.74, 6) is 1.38. The number of para-hydroxylation sites is 1. The molecule has 0 saturated heterocycles. The predicted octanol–water partition coefficient (Wildman–Crippen LogP) is 3.53. The third kappa shape index (κ3) is 2.63. The van der Waals surface area contributed by atoms with Crippen LogP contribution < -0.4 is 14.8 Å². The molecule has 0 amide bonds. The Bertz CT molecular complexity index is 809. The van der Waals surface area contributed by atoms with Gasteiger partial charge in [0.15, 0.2) is 11.5 Å². The molecular weight excluding hydrogens is 284 g/mol. The number of rotatable bonds is 4. The summed E-state index contributed by atoms with van der Waals surface area (Å²) in [4.78, 5) is 7.65. The van der Waals surface area contributed by atoms with Crippen molar-refractivity contribution in [1.29, 1.82) is 0 Å². The van der Waals surface area contributed by atoms with E-state index in [-0.39, 0.29) is 0 Å². The molecule has 0 aliphatic heterocycles. The molecule has 1 aromatic heterocycles. The molecule has 0 saturated carbocycles. The average molecular weight is 298 g/mol. The van der Waals surface area contributed by atoms with E-state index in [2.05, 4.69) is 15.3 Å². The molecule has 0 unspecified atom stereocenters. The van der Waals surface area contributed by atoms with E-state index in [0.717, 1.165) is 5.69 Å². The van der Waals surface area contributed by atoms with Crippen LogP contribution in [0.15, 0.2) is 42.5 Å². The van der Waals surface area contributed by atoms with Gasteiger partial charge in [-0.1, -0.05) is 18.2 Å². The highest BCUT2D eigenvalue weighted by atomic mass is 18.2. The number of nitrogens with zero attached hydrogens (tertiary/aromatic N) is 2. The van der Waals surface area contributed by atoms with Crippen LogP contribution in [0.4, 0.5) is 15.9 Å². The summed E-state index contributed by atoms with van der Waals surface area (Å²) in [7, 11) is 3.06. The third-order valence-electron chi connectivity index (χ3n) is 3.21. The van der Waals surface area contributed by atoms with Crippen LogP contribution >= 0.6 is 0 Å². The highest BCUT2D eigenvalue weighted by molar-refractivity contribution is 5.93. The number of nitrogens with one attached hydrogen (secondary N) is 1. The first-order valence-corrected chi connectivity index (χ1v) is 6.62. The summed E-state index contributed by atoms with van der Waals surface area (Å²) in [5, 5.41) is 3.73. The van der Waals surface area contributed by atoms with Gasteiger partial charge in [-0.25, -0.2) is 4.98 Å². The predicted molar refractivity (Wildman–Crippen MR) is 82.3 cm³/mol. The molecule has 1 heterocycles. The molecule has 0 radical (unpaired) electrons. The van der Waals surface area contributed by atoms with Gasteiger partial charge in [0, 0.05) is 17.1 Å². The maximum Gasteiger partial charge on any atom is 0.311 e. The molecule has 3 rings (SSSR count). The number of anilines is 2. The van der Waals surface area contributed by atoms with Gasteiger partial charge >= 0.3 is 6.08 Å². The van der Waals surface area contributed by atoms with Crippen LogP contribution in [0.2, 0.25) is 0 Å². The lowest BCUT2D eigenvalue weighted by molar-refractivity contribution is 0.355. The molecule has 22 heavy (non-hydrogen) atoms. The van der Waals surface area contributed by atoms with Crippen molar-refractivity contribution in [2.45, 2.75) is 0 Å². The number of hydrogen-bond acceptors (Lipinski definition) is 5. The molecule has 6 heteroatoms. The minimum absolute atomic E-state index is 0.370. The van der Waals surface area contributed by atoms with Gasteiger partial charge in [0.05, 0.1) is 19.7 Å². The van der Waals surface area contributed by atoms with Crippen LogP contribution in [0.1, 0.15) is 0 Å². The van der Waals surface area contributed by atoms with E-state index >= 15 is 0 Å². The minimum Gasteiger partial charge on any atom is -0.493 e. The zero-order chi connectivity index (χ0) is 15.5. The van der Waals surface area contributed by atoms with Gasteiger partial charge in [-0.2, -0.15) is 9.37 Å². The maximum absolute atomic E-state index is 13.7. The molecule has 0 atom stereocenters. The molecule has 0 aliphatic rings. The molecule has 0 fully saturated rings. The van der Waals surface area contributed by atoms with Gasteiger partial charge in [0.2, 0.25) is 0 Å². The smallest absolute Gasteiger partial charge is 0.311 e. The Hall–Kier alpha value is -2.89. The first-order chi connectivity index (χ1) is 10.7. The van der Waals surface area contributed by atoms with E-state index < -0.39 is 6.08 Å². The molecule has 5 nitrogen and oxygen atoms in total. The fraction of sp³-hybridized carbons (Fsp3) is 0.125. The van der Waals surface area contributed by atoms with Crippen molar-refractivity contribution in [2.24, 2.45) is 0 Å². The monoisotopic (exact) mass is 298 g/mol. The SMILES string of the molecule is COc1cc2nc([18F])nc(Nc3ccccc3)c2cc1OC. The van der Waals surface area contributed by atoms with Gasteiger partial charge in [-0.15, -0.1) is 0 Å². The van der Waals surface area contributed by atoms with E-state index in [1.165, 1.54) is 7.11 Å². The summed E-state index contributed by atoms with van der Waals surface area (Å²) in [6, 6.07) is 12.7. The summed E-state index contributed by atoms with van der Waals surface area (Å²) >= 11 is 0. The first kappa shape index (κ1) is 14.1. The number of hydrogen-bond donors (Lipinski definition) is 1. The van der Waals surface area contributed by atoms with Crippen molar-refractivity contribution in [3.63, 3.8) is 0 Å². The first-order valence-electron chi connectivity index (χ1n) is 6.62. The molecule has 0 spiro atoms. The standard InChI is InChI=1S/C16H14FN3O2/c1-21-13-8-11-12(9-14(13)22-2)19-16(17)20-15(11)18-10-6-4-3-5-7-10/h3-9H,1-2H3,(H,18,19,20)/i17-1. The Kier molecular flexibility index (Phi) is 3.74. The van der Waals surface area contributed by atoms with Crippen LogP contribution in [-0.4, -0.2) is 24.2 Å². The van der Waals surface area contributed by atoms with Crippen LogP contribution in [0.25, 0.3) is 10.9 Å². The second-order valence-electron chi connectivity index (χ2n) is 4.56. The summed E-state index contributed by atoms with van der Waals surface area (Å²) < 4.78 is 24.2. The van der Waals surface area contributed by atoms with E-state index in [9.17, 15) is 4.39 Å². The minimum atomic E-state index is -0.807.